The first-order valence-corrected chi connectivity index (χ1v) is 10.6. The zero-order valence-corrected chi connectivity index (χ0v) is 16.4. The SMILES string of the molecule is O=C(CCN1CCN(S(=O)(=O)c2cccc(Cl)c2)CC1)Nc1ccccc1. The van der Waals surface area contributed by atoms with Crippen LogP contribution in [0, 0.1) is 0 Å². The fraction of sp³-hybridized carbons (Fsp3) is 0.316. The fourth-order valence-electron chi connectivity index (χ4n) is 2.97. The van der Waals surface area contributed by atoms with Crippen LogP contribution in [0.1, 0.15) is 6.42 Å². The highest BCUT2D eigenvalue weighted by molar-refractivity contribution is 7.89. The predicted octanol–water partition coefficient (Wildman–Crippen LogP) is 2.68. The van der Waals surface area contributed by atoms with Crippen LogP contribution >= 0.6 is 11.6 Å². The van der Waals surface area contributed by atoms with Crippen LogP contribution in [-0.2, 0) is 14.8 Å². The van der Waals surface area contributed by atoms with Crippen LogP contribution in [0.4, 0.5) is 5.69 Å². The van der Waals surface area contributed by atoms with Crippen molar-refractivity contribution < 1.29 is 13.2 Å². The van der Waals surface area contributed by atoms with Gasteiger partial charge in [-0.2, -0.15) is 4.31 Å². The molecule has 1 aliphatic rings. The molecular weight excluding hydrogens is 386 g/mol. The van der Waals surface area contributed by atoms with E-state index in [-0.39, 0.29) is 10.8 Å². The Labute approximate surface area is 164 Å². The molecule has 0 spiro atoms. The molecule has 3 rings (SSSR count). The molecular formula is C19H22ClN3O3S. The summed E-state index contributed by atoms with van der Waals surface area (Å²) in [6.07, 6.45) is 0.371. The number of piperazine rings is 1. The average Bonchev–Trinajstić information content (AvgIpc) is 2.67. The number of anilines is 1. The van der Waals surface area contributed by atoms with Crippen molar-refractivity contribution >= 4 is 33.2 Å². The molecule has 0 radical (unpaired) electrons. The molecule has 8 heteroatoms. The van der Waals surface area contributed by atoms with Crippen LogP contribution in [0.5, 0.6) is 0 Å². The van der Waals surface area contributed by atoms with Crippen LogP contribution in [0.15, 0.2) is 59.5 Å². The molecule has 2 aromatic carbocycles. The van der Waals surface area contributed by atoms with Crippen molar-refractivity contribution in [3.63, 3.8) is 0 Å². The largest absolute Gasteiger partial charge is 0.326 e. The van der Waals surface area contributed by atoms with Gasteiger partial charge < -0.3 is 10.2 Å². The number of nitrogens with one attached hydrogen (secondary N) is 1. The van der Waals surface area contributed by atoms with E-state index in [1.54, 1.807) is 18.2 Å². The van der Waals surface area contributed by atoms with E-state index in [1.165, 1.54) is 10.4 Å². The van der Waals surface area contributed by atoms with Crippen LogP contribution in [-0.4, -0.2) is 56.3 Å². The lowest BCUT2D eigenvalue weighted by atomic mass is 10.3. The molecule has 1 heterocycles. The lowest BCUT2D eigenvalue weighted by Crippen LogP contribution is -2.49. The molecule has 0 unspecified atom stereocenters. The number of hydrogen-bond acceptors (Lipinski definition) is 4. The van der Waals surface area contributed by atoms with Gasteiger partial charge in [0.25, 0.3) is 0 Å². The van der Waals surface area contributed by atoms with Crippen molar-refractivity contribution in [1.82, 2.24) is 9.21 Å². The lowest BCUT2D eigenvalue weighted by molar-refractivity contribution is -0.116. The molecule has 1 aliphatic heterocycles. The van der Waals surface area contributed by atoms with Gasteiger partial charge in [0.1, 0.15) is 0 Å². The Morgan fingerprint density at radius 2 is 1.70 bits per heavy atom. The van der Waals surface area contributed by atoms with E-state index in [1.807, 2.05) is 30.3 Å². The van der Waals surface area contributed by atoms with Crippen molar-refractivity contribution in [2.45, 2.75) is 11.3 Å². The van der Waals surface area contributed by atoms with Gasteiger partial charge in [0.2, 0.25) is 15.9 Å². The standard InChI is InChI=1S/C19H22ClN3O3S/c20-16-5-4-8-18(15-16)27(25,26)23-13-11-22(12-14-23)10-9-19(24)21-17-6-2-1-3-7-17/h1-8,15H,9-14H2,(H,21,24). The zero-order chi connectivity index (χ0) is 19.3. The normalized spacial score (nSPS) is 16.2. The Kier molecular flexibility index (Phi) is 6.49. The summed E-state index contributed by atoms with van der Waals surface area (Å²) in [7, 11) is -3.54. The van der Waals surface area contributed by atoms with Crippen molar-refractivity contribution in [2.24, 2.45) is 0 Å². The average molecular weight is 408 g/mol. The number of halogens is 1. The first kappa shape index (κ1) is 19.8. The van der Waals surface area contributed by atoms with Gasteiger partial charge in [-0.3, -0.25) is 4.79 Å². The molecule has 0 atom stereocenters. The van der Waals surface area contributed by atoms with E-state index in [2.05, 4.69) is 10.2 Å². The summed E-state index contributed by atoms with van der Waals surface area (Å²) in [4.78, 5) is 14.4. The highest BCUT2D eigenvalue weighted by Crippen LogP contribution is 2.21. The number of carbonyl (C=O) groups excluding carboxylic acids is 1. The first-order chi connectivity index (χ1) is 12.9. The smallest absolute Gasteiger partial charge is 0.243 e. The maximum absolute atomic E-state index is 12.7. The van der Waals surface area contributed by atoms with Gasteiger partial charge in [-0.05, 0) is 30.3 Å². The molecule has 1 fully saturated rings. The Morgan fingerprint density at radius 1 is 1.00 bits per heavy atom. The van der Waals surface area contributed by atoms with Crippen molar-refractivity contribution in [3.8, 4) is 0 Å². The van der Waals surface area contributed by atoms with Crippen LogP contribution in [0.25, 0.3) is 0 Å². The molecule has 1 amide bonds. The molecule has 1 N–H and O–H groups in total. The molecule has 0 aliphatic carbocycles. The molecule has 0 aromatic heterocycles. The lowest BCUT2D eigenvalue weighted by Gasteiger charge is -2.33. The van der Waals surface area contributed by atoms with Crippen molar-refractivity contribution in [2.75, 3.05) is 38.0 Å². The maximum Gasteiger partial charge on any atom is 0.243 e. The quantitative estimate of drug-likeness (QED) is 0.799. The summed E-state index contributed by atoms with van der Waals surface area (Å²) < 4.78 is 26.9. The molecule has 1 saturated heterocycles. The number of nitrogens with zero attached hydrogens (tertiary/aromatic N) is 2. The van der Waals surface area contributed by atoms with Gasteiger partial charge in [-0.1, -0.05) is 35.9 Å². The van der Waals surface area contributed by atoms with Gasteiger partial charge in [-0.25, -0.2) is 8.42 Å². The Morgan fingerprint density at radius 3 is 2.37 bits per heavy atom. The summed E-state index contributed by atoms with van der Waals surface area (Å²) in [5.74, 6) is -0.0461. The highest BCUT2D eigenvalue weighted by atomic mass is 35.5. The Balaban J connectivity index is 1.48. The minimum atomic E-state index is -3.54. The van der Waals surface area contributed by atoms with E-state index in [9.17, 15) is 13.2 Å². The summed E-state index contributed by atoms with van der Waals surface area (Å²) in [5, 5.41) is 3.26. The minimum Gasteiger partial charge on any atom is -0.326 e. The summed E-state index contributed by atoms with van der Waals surface area (Å²) in [6, 6.07) is 15.6. The van der Waals surface area contributed by atoms with E-state index in [0.717, 1.165) is 5.69 Å². The zero-order valence-electron chi connectivity index (χ0n) is 14.8. The minimum absolute atomic E-state index is 0.0461. The number of benzene rings is 2. The monoisotopic (exact) mass is 407 g/mol. The Bertz CT molecular complexity index is 882. The third kappa shape index (κ3) is 5.29. The van der Waals surface area contributed by atoms with E-state index in [0.29, 0.717) is 44.2 Å². The number of carbonyl (C=O) groups is 1. The van der Waals surface area contributed by atoms with Gasteiger partial charge in [-0.15, -0.1) is 0 Å². The third-order valence-corrected chi connectivity index (χ3v) is 6.61. The number of hydrogen-bond donors (Lipinski definition) is 1. The third-order valence-electron chi connectivity index (χ3n) is 4.48. The maximum atomic E-state index is 12.7. The number of para-hydroxylation sites is 1. The van der Waals surface area contributed by atoms with E-state index >= 15 is 0 Å². The second-order valence-corrected chi connectivity index (χ2v) is 8.74. The number of rotatable bonds is 6. The second kappa shape index (κ2) is 8.84. The predicted molar refractivity (Wildman–Crippen MR) is 106 cm³/mol. The Hall–Kier alpha value is -1.93. The summed E-state index contributed by atoms with van der Waals surface area (Å²) >= 11 is 5.91. The van der Waals surface area contributed by atoms with Crippen LogP contribution < -0.4 is 5.32 Å². The van der Waals surface area contributed by atoms with Crippen molar-refractivity contribution in [3.05, 3.63) is 59.6 Å². The molecule has 0 saturated carbocycles. The molecule has 27 heavy (non-hydrogen) atoms. The highest BCUT2D eigenvalue weighted by Gasteiger charge is 2.28. The van der Waals surface area contributed by atoms with Gasteiger partial charge >= 0.3 is 0 Å². The number of amides is 1. The fourth-order valence-corrected chi connectivity index (χ4v) is 4.70. The molecule has 0 bridgehead atoms. The van der Waals surface area contributed by atoms with Crippen LogP contribution in [0.2, 0.25) is 5.02 Å². The molecule has 6 nitrogen and oxygen atoms in total. The molecule has 144 valence electrons. The van der Waals surface area contributed by atoms with Crippen molar-refractivity contribution in [1.29, 1.82) is 0 Å². The van der Waals surface area contributed by atoms with Gasteiger partial charge in [0.05, 0.1) is 4.90 Å². The van der Waals surface area contributed by atoms with Gasteiger partial charge in [0, 0.05) is 49.9 Å². The summed E-state index contributed by atoms with van der Waals surface area (Å²) in [5.41, 5.74) is 0.778. The van der Waals surface area contributed by atoms with Crippen LogP contribution in [0.3, 0.4) is 0 Å². The topological polar surface area (TPSA) is 69.7 Å². The van der Waals surface area contributed by atoms with Gasteiger partial charge in [0.15, 0.2) is 0 Å². The summed E-state index contributed by atoms with van der Waals surface area (Å²) in [6.45, 7) is 2.59. The molecule has 2 aromatic rings. The van der Waals surface area contributed by atoms with E-state index < -0.39 is 10.0 Å². The van der Waals surface area contributed by atoms with E-state index in [4.69, 9.17) is 11.6 Å². The number of sulfonamides is 1. The first-order valence-electron chi connectivity index (χ1n) is 8.78. The second-order valence-electron chi connectivity index (χ2n) is 6.37.